The number of amides is 4. The molecule has 2 atom stereocenters. The Kier molecular flexibility index (Phi) is 8.47. The monoisotopic (exact) mass is 507 g/mol. The number of rotatable bonds is 9. The van der Waals surface area contributed by atoms with Gasteiger partial charge in [-0.1, -0.05) is 56.3 Å². The number of hydrogen-bond acceptors (Lipinski definition) is 6. The zero-order valence-corrected chi connectivity index (χ0v) is 21.7. The van der Waals surface area contributed by atoms with Crippen molar-refractivity contribution in [1.82, 2.24) is 15.5 Å². The van der Waals surface area contributed by atoms with Gasteiger partial charge in [-0.2, -0.15) is 0 Å². The summed E-state index contributed by atoms with van der Waals surface area (Å²) in [5.74, 6) is -3.21. The van der Waals surface area contributed by atoms with E-state index in [-0.39, 0.29) is 23.5 Å². The van der Waals surface area contributed by atoms with Crippen molar-refractivity contribution in [1.29, 1.82) is 0 Å². The van der Waals surface area contributed by atoms with Gasteiger partial charge in [0, 0.05) is 6.42 Å². The normalized spacial score (nSPS) is 14.7. The molecule has 2 aromatic carbocycles. The Morgan fingerprint density at radius 1 is 0.892 bits per heavy atom. The quantitative estimate of drug-likeness (QED) is 0.397. The van der Waals surface area contributed by atoms with E-state index in [0.717, 1.165) is 10.5 Å². The van der Waals surface area contributed by atoms with Crippen LogP contribution in [0.2, 0.25) is 0 Å². The molecule has 0 spiro atoms. The van der Waals surface area contributed by atoms with Crippen molar-refractivity contribution in [3.8, 4) is 0 Å². The summed E-state index contributed by atoms with van der Waals surface area (Å²) in [6, 6.07) is 13.3. The second-order valence-corrected chi connectivity index (χ2v) is 10.3. The van der Waals surface area contributed by atoms with Gasteiger partial charge in [0.15, 0.2) is 0 Å². The van der Waals surface area contributed by atoms with Gasteiger partial charge in [0.05, 0.1) is 17.7 Å². The number of ether oxygens (including phenoxy) is 1. The van der Waals surface area contributed by atoms with Crippen LogP contribution in [0.4, 0.5) is 0 Å². The van der Waals surface area contributed by atoms with E-state index in [0.29, 0.717) is 0 Å². The second-order valence-electron chi connectivity index (χ2n) is 10.3. The molecule has 2 aromatic rings. The van der Waals surface area contributed by atoms with Gasteiger partial charge in [-0.25, -0.2) is 4.79 Å². The minimum atomic E-state index is -1.17. The molecule has 0 aliphatic carbocycles. The SMILES string of the molecule is CC(C)[C@H](NC(=O)CNC(=O)[C@H](Cc1ccccc1)N1C(=O)c2ccccc2C1=O)C(=O)OC(C)(C)C. The van der Waals surface area contributed by atoms with Crippen LogP contribution in [0.15, 0.2) is 54.6 Å². The highest BCUT2D eigenvalue weighted by Gasteiger charge is 2.42. The molecule has 0 saturated heterocycles. The number of carbonyl (C=O) groups is 5. The number of hydrogen-bond donors (Lipinski definition) is 2. The molecule has 2 N–H and O–H groups in total. The number of carbonyl (C=O) groups excluding carboxylic acids is 5. The summed E-state index contributed by atoms with van der Waals surface area (Å²) in [5, 5.41) is 5.14. The van der Waals surface area contributed by atoms with Crippen LogP contribution in [0.25, 0.3) is 0 Å². The van der Waals surface area contributed by atoms with Crippen LogP contribution in [0.5, 0.6) is 0 Å². The summed E-state index contributed by atoms with van der Waals surface area (Å²) in [4.78, 5) is 65.6. The molecule has 196 valence electrons. The molecule has 0 aromatic heterocycles. The summed E-state index contributed by atoms with van der Waals surface area (Å²) in [5.41, 5.74) is 0.482. The van der Waals surface area contributed by atoms with Crippen molar-refractivity contribution >= 4 is 29.6 Å². The van der Waals surface area contributed by atoms with Crippen LogP contribution in [0, 0.1) is 5.92 Å². The van der Waals surface area contributed by atoms with Crippen molar-refractivity contribution in [2.45, 2.75) is 58.7 Å². The summed E-state index contributed by atoms with van der Waals surface area (Å²) < 4.78 is 5.39. The Bertz CT molecular complexity index is 1150. The number of fused-ring (bicyclic) bond motifs is 1. The van der Waals surface area contributed by atoms with Crippen molar-refractivity contribution in [2.75, 3.05) is 6.54 Å². The second kappa shape index (κ2) is 11.4. The van der Waals surface area contributed by atoms with Crippen molar-refractivity contribution in [3.63, 3.8) is 0 Å². The van der Waals surface area contributed by atoms with Crippen molar-refractivity contribution in [3.05, 3.63) is 71.3 Å². The fourth-order valence-electron chi connectivity index (χ4n) is 4.00. The Morgan fingerprint density at radius 2 is 1.43 bits per heavy atom. The van der Waals surface area contributed by atoms with Crippen LogP contribution in [0.3, 0.4) is 0 Å². The predicted octanol–water partition coefficient (Wildman–Crippen LogP) is 2.49. The van der Waals surface area contributed by atoms with Gasteiger partial charge in [0.2, 0.25) is 11.8 Å². The van der Waals surface area contributed by atoms with E-state index in [9.17, 15) is 24.0 Å². The lowest BCUT2D eigenvalue weighted by atomic mass is 10.0. The van der Waals surface area contributed by atoms with Crippen LogP contribution in [-0.4, -0.2) is 58.7 Å². The van der Waals surface area contributed by atoms with Gasteiger partial charge in [0.1, 0.15) is 17.7 Å². The van der Waals surface area contributed by atoms with Gasteiger partial charge in [-0.05, 0) is 44.4 Å². The van der Waals surface area contributed by atoms with Crippen LogP contribution in [0.1, 0.15) is 60.9 Å². The number of nitrogens with zero attached hydrogens (tertiary/aromatic N) is 1. The van der Waals surface area contributed by atoms with Crippen LogP contribution < -0.4 is 10.6 Å². The number of benzene rings is 2. The number of imide groups is 1. The lowest BCUT2D eigenvalue weighted by Crippen LogP contribution is -2.54. The molecular formula is C28H33N3O6. The maximum atomic E-state index is 13.3. The third kappa shape index (κ3) is 6.81. The van der Waals surface area contributed by atoms with Gasteiger partial charge >= 0.3 is 5.97 Å². The smallest absolute Gasteiger partial charge is 0.329 e. The van der Waals surface area contributed by atoms with E-state index in [1.807, 2.05) is 6.07 Å². The minimum absolute atomic E-state index is 0.0757. The van der Waals surface area contributed by atoms with Gasteiger partial charge in [-0.3, -0.25) is 24.1 Å². The van der Waals surface area contributed by atoms with Gasteiger partial charge < -0.3 is 15.4 Å². The van der Waals surface area contributed by atoms with E-state index in [1.54, 1.807) is 83.1 Å². The van der Waals surface area contributed by atoms with E-state index in [1.165, 1.54) is 0 Å². The highest BCUT2D eigenvalue weighted by Crippen LogP contribution is 2.26. The Morgan fingerprint density at radius 3 is 1.95 bits per heavy atom. The Labute approximate surface area is 216 Å². The molecule has 9 heteroatoms. The van der Waals surface area contributed by atoms with Crippen LogP contribution in [-0.2, 0) is 25.5 Å². The highest BCUT2D eigenvalue weighted by atomic mass is 16.6. The summed E-state index contributed by atoms with van der Waals surface area (Å²) in [6.45, 7) is 8.29. The molecule has 0 saturated carbocycles. The first-order valence-electron chi connectivity index (χ1n) is 12.2. The molecule has 9 nitrogen and oxygen atoms in total. The molecule has 1 aliphatic rings. The first-order valence-corrected chi connectivity index (χ1v) is 12.2. The van der Waals surface area contributed by atoms with Gasteiger partial charge in [-0.15, -0.1) is 0 Å². The molecule has 3 rings (SSSR count). The molecule has 37 heavy (non-hydrogen) atoms. The Hall–Kier alpha value is -4.01. The van der Waals surface area contributed by atoms with E-state index in [4.69, 9.17) is 4.74 Å². The molecular weight excluding hydrogens is 474 g/mol. The maximum Gasteiger partial charge on any atom is 0.329 e. The predicted molar refractivity (Wildman–Crippen MR) is 136 cm³/mol. The third-order valence-electron chi connectivity index (χ3n) is 5.78. The van der Waals surface area contributed by atoms with Gasteiger partial charge in [0.25, 0.3) is 11.8 Å². The van der Waals surface area contributed by atoms with E-state index in [2.05, 4.69) is 10.6 Å². The number of esters is 1. The molecule has 0 radical (unpaired) electrons. The van der Waals surface area contributed by atoms with Crippen molar-refractivity contribution in [2.24, 2.45) is 5.92 Å². The summed E-state index contributed by atoms with van der Waals surface area (Å²) in [6.07, 6.45) is 0.0757. The summed E-state index contributed by atoms with van der Waals surface area (Å²) in [7, 11) is 0. The molecule has 1 aliphatic heterocycles. The molecule has 1 heterocycles. The zero-order chi connectivity index (χ0) is 27.3. The topological polar surface area (TPSA) is 122 Å². The average molecular weight is 508 g/mol. The number of nitrogens with one attached hydrogen (secondary N) is 2. The highest BCUT2D eigenvalue weighted by molar-refractivity contribution is 6.22. The molecule has 0 unspecified atom stereocenters. The average Bonchev–Trinajstić information content (AvgIpc) is 3.08. The maximum absolute atomic E-state index is 13.3. The van der Waals surface area contributed by atoms with E-state index >= 15 is 0 Å². The lowest BCUT2D eigenvalue weighted by Gasteiger charge is -2.27. The molecule has 4 amide bonds. The van der Waals surface area contributed by atoms with Crippen LogP contribution >= 0.6 is 0 Å². The molecule has 0 fully saturated rings. The zero-order valence-electron chi connectivity index (χ0n) is 21.7. The summed E-state index contributed by atoms with van der Waals surface area (Å²) >= 11 is 0. The largest absolute Gasteiger partial charge is 0.458 e. The minimum Gasteiger partial charge on any atom is -0.458 e. The third-order valence-corrected chi connectivity index (χ3v) is 5.78. The van der Waals surface area contributed by atoms with E-state index < -0.39 is 53.8 Å². The Balaban J connectivity index is 1.74. The first kappa shape index (κ1) is 27.6. The standard InChI is InChI=1S/C28H33N3O6/c1-17(2)23(27(36)37-28(3,4)5)30-22(32)16-29-24(33)21(15-18-11-7-6-8-12-18)31-25(34)19-13-9-10-14-20(19)26(31)35/h6-14,17,21,23H,15-16H2,1-5H3,(H,29,33)(H,30,32)/t21-,23-/m0/s1. The van der Waals surface area contributed by atoms with Crippen molar-refractivity contribution < 1.29 is 28.7 Å². The fraction of sp³-hybridized carbons (Fsp3) is 0.393. The molecule has 0 bridgehead atoms. The first-order chi connectivity index (χ1) is 17.4. The lowest BCUT2D eigenvalue weighted by molar-refractivity contribution is -0.159. The fourth-order valence-corrected chi connectivity index (χ4v) is 4.00.